The van der Waals surface area contributed by atoms with E-state index in [1.807, 2.05) is 36.4 Å². The number of benzene rings is 2. The molecule has 2 aromatic carbocycles. The van der Waals surface area contributed by atoms with Gasteiger partial charge in [-0.25, -0.2) is 0 Å². The van der Waals surface area contributed by atoms with Crippen LogP contribution in [0.1, 0.15) is 10.4 Å². The lowest BCUT2D eigenvalue weighted by Crippen LogP contribution is -2.42. The van der Waals surface area contributed by atoms with Crippen LogP contribution in [0.2, 0.25) is 25.2 Å². The van der Waals surface area contributed by atoms with Gasteiger partial charge in [-0.1, -0.05) is 31.3 Å². The van der Waals surface area contributed by atoms with Gasteiger partial charge in [-0.3, -0.25) is 4.79 Å². The van der Waals surface area contributed by atoms with Crippen LogP contribution in [-0.2, 0) is 0 Å². The molecule has 28 heavy (non-hydrogen) atoms. The largest absolute Gasteiger partial charge is 0.372 e. The molecule has 1 N–H and O–H groups in total. The van der Waals surface area contributed by atoms with Crippen molar-refractivity contribution in [3.8, 4) is 10.4 Å². The minimum Gasteiger partial charge on any atom is -0.372 e. The molecule has 3 nitrogen and oxygen atoms in total. The van der Waals surface area contributed by atoms with Gasteiger partial charge < -0.3 is 10.2 Å². The first-order valence-corrected chi connectivity index (χ1v) is 14.1. The van der Waals surface area contributed by atoms with Crippen LogP contribution in [-0.4, -0.2) is 27.1 Å². The maximum absolute atomic E-state index is 12.7. The summed E-state index contributed by atoms with van der Waals surface area (Å²) in [5.41, 5.74) is 3.86. The summed E-state index contributed by atoms with van der Waals surface area (Å²) >= 11 is 1.70. The maximum Gasteiger partial charge on any atom is 0.255 e. The van der Waals surface area contributed by atoms with Crippen molar-refractivity contribution >= 4 is 36.7 Å². The van der Waals surface area contributed by atoms with E-state index in [4.69, 9.17) is 0 Å². The number of hydrogen-bond donors (Lipinski definition) is 1. The molecule has 144 valence electrons. The molecule has 0 radical (unpaired) electrons. The summed E-state index contributed by atoms with van der Waals surface area (Å²) in [7, 11) is -0.967. The van der Waals surface area contributed by atoms with E-state index in [0.29, 0.717) is 5.56 Å². The Labute approximate surface area is 172 Å². The van der Waals surface area contributed by atoms with Crippen molar-refractivity contribution in [2.24, 2.45) is 0 Å². The molecule has 1 aromatic heterocycles. The van der Waals surface area contributed by atoms with E-state index in [0.717, 1.165) is 24.3 Å². The fraction of sp³-hybridized carbons (Fsp3) is 0.261. The van der Waals surface area contributed by atoms with Gasteiger partial charge in [0.25, 0.3) is 5.91 Å². The monoisotopic (exact) mass is 406 g/mol. The molecule has 0 unspecified atom stereocenters. The van der Waals surface area contributed by atoms with Crippen LogP contribution in [0.4, 0.5) is 11.4 Å². The van der Waals surface area contributed by atoms with Gasteiger partial charge in [-0.05, 0) is 65.5 Å². The molecule has 5 heteroatoms. The molecule has 1 saturated heterocycles. The maximum atomic E-state index is 12.7. The van der Waals surface area contributed by atoms with E-state index in [1.165, 1.54) is 22.7 Å². The Kier molecular flexibility index (Phi) is 5.37. The molecule has 1 aliphatic rings. The highest BCUT2D eigenvalue weighted by Crippen LogP contribution is 2.28. The zero-order valence-electron chi connectivity index (χ0n) is 16.4. The highest BCUT2D eigenvalue weighted by molar-refractivity contribution is 7.13. The van der Waals surface area contributed by atoms with Crippen LogP contribution in [0.15, 0.2) is 66.0 Å². The Morgan fingerprint density at radius 2 is 1.75 bits per heavy atom. The molecule has 4 rings (SSSR count). The molecule has 0 bridgehead atoms. The Bertz CT molecular complexity index is 941. The van der Waals surface area contributed by atoms with Crippen LogP contribution in [0.5, 0.6) is 0 Å². The number of rotatable bonds is 4. The highest BCUT2D eigenvalue weighted by Gasteiger charge is 2.27. The summed E-state index contributed by atoms with van der Waals surface area (Å²) in [6, 6.07) is 22.9. The second-order valence-corrected chi connectivity index (χ2v) is 14.5. The predicted octanol–water partition coefficient (Wildman–Crippen LogP) is 6.20. The van der Waals surface area contributed by atoms with Crippen molar-refractivity contribution in [2.75, 3.05) is 23.3 Å². The molecule has 1 aliphatic heterocycles. The predicted molar refractivity (Wildman–Crippen MR) is 123 cm³/mol. The van der Waals surface area contributed by atoms with Gasteiger partial charge in [-0.15, -0.1) is 11.3 Å². The number of amides is 1. The van der Waals surface area contributed by atoms with Crippen LogP contribution < -0.4 is 10.2 Å². The molecular weight excluding hydrogens is 380 g/mol. The Balaban J connectivity index is 1.42. The standard InChI is InChI=1S/C23H26N2OSSi/c1-28(2)15-12-25(13-16-28)21-10-8-18(9-11-21)23(26)24-20-6-3-5-19(17-20)22-7-4-14-27-22/h3-11,14,17H,12-13,15-16H2,1-2H3,(H,24,26). The number of nitrogens with zero attached hydrogens (tertiary/aromatic N) is 1. The Morgan fingerprint density at radius 1 is 1.00 bits per heavy atom. The molecule has 0 atom stereocenters. The van der Waals surface area contributed by atoms with Crippen LogP contribution in [0.25, 0.3) is 10.4 Å². The SMILES string of the molecule is C[Si]1(C)CCN(c2ccc(C(=O)Nc3cccc(-c4cccs4)c3)cc2)CC1. The first-order valence-electron chi connectivity index (χ1n) is 9.81. The van der Waals surface area contributed by atoms with E-state index < -0.39 is 8.07 Å². The van der Waals surface area contributed by atoms with Gasteiger partial charge in [0, 0.05) is 34.9 Å². The second kappa shape index (κ2) is 7.93. The smallest absolute Gasteiger partial charge is 0.255 e. The zero-order valence-corrected chi connectivity index (χ0v) is 18.3. The zero-order chi connectivity index (χ0) is 19.6. The molecule has 0 saturated carbocycles. The van der Waals surface area contributed by atoms with Gasteiger partial charge in [0.15, 0.2) is 0 Å². The van der Waals surface area contributed by atoms with Crippen molar-refractivity contribution in [1.82, 2.24) is 0 Å². The van der Waals surface area contributed by atoms with Crippen LogP contribution in [0.3, 0.4) is 0 Å². The summed E-state index contributed by atoms with van der Waals surface area (Å²) in [4.78, 5) is 16.3. The fourth-order valence-corrected chi connectivity index (χ4v) is 6.31. The summed E-state index contributed by atoms with van der Waals surface area (Å²) in [6.07, 6.45) is 0. The first kappa shape index (κ1) is 19.0. The molecule has 1 amide bonds. The average molecular weight is 407 g/mol. The van der Waals surface area contributed by atoms with E-state index >= 15 is 0 Å². The van der Waals surface area contributed by atoms with Crippen LogP contribution in [0, 0.1) is 0 Å². The van der Waals surface area contributed by atoms with Crippen LogP contribution >= 0.6 is 11.3 Å². The number of hydrogen-bond acceptors (Lipinski definition) is 3. The molecule has 3 aromatic rings. The third-order valence-corrected chi connectivity index (χ3v) is 9.61. The number of thiophene rings is 1. The lowest BCUT2D eigenvalue weighted by Gasteiger charge is -2.37. The van der Waals surface area contributed by atoms with Crippen molar-refractivity contribution < 1.29 is 4.79 Å². The summed E-state index contributed by atoms with van der Waals surface area (Å²) in [6.45, 7) is 7.23. The van der Waals surface area contributed by atoms with Crippen molar-refractivity contribution in [2.45, 2.75) is 25.2 Å². The molecule has 0 aliphatic carbocycles. The van der Waals surface area contributed by atoms with Gasteiger partial charge >= 0.3 is 0 Å². The number of nitrogens with one attached hydrogen (secondary N) is 1. The third kappa shape index (κ3) is 4.37. The fourth-order valence-electron chi connectivity index (χ4n) is 3.59. The molecular formula is C23H26N2OSSi. The molecule has 2 heterocycles. The van der Waals surface area contributed by atoms with Crippen molar-refractivity contribution in [1.29, 1.82) is 0 Å². The normalized spacial score (nSPS) is 16.0. The number of carbonyl (C=O) groups is 1. The van der Waals surface area contributed by atoms with E-state index in [9.17, 15) is 4.79 Å². The number of anilines is 2. The lowest BCUT2D eigenvalue weighted by molar-refractivity contribution is 0.102. The van der Waals surface area contributed by atoms with Crippen molar-refractivity contribution in [3.05, 3.63) is 71.6 Å². The summed E-state index contributed by atoms with van der Waals surface area (Å²) in [5.74, 6) is -0.0675. The van der Waals surface area contributed by atoms with Gasteiger partial charge in [0.2, 0.25) is 0 Å². The quantitative estimate of drug-likeness (QED) is 0.524. The van der Waals surface area contributed by atoms with Gasteiger partial charge in [0.05, 0.1) is 8.07 Å². The second-order valence-electron chi connectivity index (χ2n) is 8.21. The Morgan fingerprint density at radius 3 is 2.43 bits per heavy atom. The van der Waals surface area contributed by atoms with E-state index in [1.54, 1.807) is 11.3 Å². The summed E-state index contributed by atoms with van der Waals surface area (Å²) in [5, 5.41) is 5.09. The lowest BCUT2D eigenvalue weighted by atomic mass is 10.1. The van der Waals surface area contributed by atoms with E-state index in [2.05, 4.69) is 53.0 Å². The molecule has 1 fully saturated rings. The minimum atomic E-state index is -0.967. The summed E-state index contributed by atoms with van der Waals surface area (Å²) < 4.78 is 0. The highest BCUT2D eigenvalue weighted by atomic mass is 32.1. The number of carbonyl (C=O) groups excluding carboxylic acids is 1. The first-order chi connectivity index (χ1) is 13.5. The Hall–Kier alpha value is -2.37. The van der Waals surface area contributed by atoms with Gasteiger partial charge in [-0.2, -0.15) is 0 Å². The van der Waals surface area contributed by atoms with E-state index in [-0.39, 0.29) is 5.91 Å². The van der Waals surface area contributed by atoms with Crippen molar-refractivity contribution in [3.63, 3.8) is 0 Å². The minimum absolute atomic E-state index is 0.0675. The average Bonchev–Trinajstić information content (AvgIpc) is 3.23. The van der Waals surface area contributed by atoms with Gasteiger partial charge in [0.1, 0.15) is 0 Å². The topological polar surface area (TPSA) is 32.3 Å². The molecule has 0 spiro atoms. The third-order valence-electron chi connectivity index (χ3n) is 5.54.